The fourth-order valence-electron chi connectivity index (χ4n) is 2.19. The van der Waals surface area contributed by atoms with E-state index in [9.17, 15) is 0 Å². The zero-order valence-electron chi connectivity index (χ0n) is 14.1. The van der Waals surface area contributed by atoms with Crippen LogP contribution >= 0.6 is 0 Å². The molecule has 0 bridgehead atoms. The number of benzene rings is 1. The van der Waals surface area contributed by atoms with E-state index in [1.807, 2.05) is 19.2 Å². The van der Waals surface area contributed by atoms with E-state index in [1.165, 1.54) is 17.7 Å². The van der Waals surface area contributed by atoms with Crippen LogP contribution in [0.25, 0.3) is 12.2 Å². The Balaban J connectivity index is 1.98. The molecule has 0 aliphatic rings. The van der Waals surface area contributed by atoms with Gasteiger partial charge in [0.15, 0.2) is 0 Å². The van der Waals surface area contributed by atoms with Gasteiger partial charge in [0.2, 0.25) is 0 Å². The van der Waals surface area contributed by atoms with Crippen molar-refractivity contribution in [2.24, 2.45) is 5.92 Å². The largest absolute Gasteiger partial charge is 0.375 e. The van der Waals surface area contributed by atoms with Crippen LogP contribution < -0.4 is 4.90 Å². The van der Waals surface area contributed by atoms with Crippen LogP contribution in [0.1, 0.15) is 37.1 Å². The maximum Gasteiger partial charge on any atom is 0.0373 e. The summed E-state index contributed by atoms with van der Waals surface area (Å²) in [4.78, 5) is 6.62. The summed E-state index contributed by atoms with van der Waals surface area (Å²) < 4.78 is 0. The van der Waals surface area contributed by atoms with Gasteiger partial charge in [0.05, 0.1) is 0 Å². The van der Waals surface area contributed by atoms with E-state index in [-0.39, 0.29) is 0 Å². The lowest BCUT2D eigenvalue weighted by Crippen LogP contribution is -2.19. The highest BCUT2D eigenvalue weighted by Crippen LogP contribution is 2.17. The zero-order valence-corrected chi connectivity index (χ0v) is 14.1. The third-order valence-corrected chi connectivity index (χ3v) is 3.78. The zero-order chi connectivity index (χ0) is 15.9. The van der Waals surface area contributed by atoms with E-state index in [1.54, 1.807) is 0 Å². The van der Waals surface area contributed by atoms with Crippen LogP contribution in [0.15, 0.2) is 42.6 Å². The molecule has 0 aliphatic heterocycles. The number of hydrogen-bond donors (Lipinski definition) is 0. The van der Waals surface area contributed by atoms with Gasteiger partial charge in [-0.25, -0.2) is 0 Å². The normalized spacial score (nSPS) is 11.3. The highest BCUT2D eigenvalue weighted by Gasteiger charge is 2.02. The molecule has 0 spiro atoms. The summed E-state index contributed by atoms with van der Waals surface area (Å²) in [5.74, 6) is 0.743. The molecule has 2 nitrogen and oxygen atoms in total. The number of anilines is 1. The predicted molar refractivity (Wildman–Crippen MR) is 97.1 cm³/mol. The Bertz CT molecular complexity index is 595. The van der Waals surface area contributed by atoms with Crippen LogP contribution in [0.4, 0.5) is 5.69 Å². The standard InChI is InChI=1S/C20H26N2/c1-16(2)13-14-22(4)20-11-9-18(10-12-20)7-8-19-6-5-17(3)21-15-19/h5-12,15-16H,13-14H2,1-4H3/b8-7+. The molecular formula is C20H26N2. The monoisotopic (exact) mass is 294 g/mol. The molecule has 1 heterocycles. The van der Waals surface area contributed by atoms with Crippen LogP contribution in [0.3, 0.4) is 0 Å². The maximum absolute atomic E-state index is 4.31. The number of aromatic nitrogens is 1. The molecule has 0 N–H and O–H groups in total. The molecule has 0 saturated carbocycles. The Hall–Kier alpha value is -2.09. The third-order valence-electron chi connectivity index (χ3n) is 3.78. The van der Waals surface area contributed by atoms with Crippen molar-refractivity contribution in [1.82, 2.24) is 4.98 Å². The summed E-state index contributed by atoms with van der Waals surface area (Å²) in [5.41, 5.74) is 4.66. The average Bonchev–Trinajstić information content (AvgIpc) is 2.52. The molecule has 0 aliphatic carbocycles. The van der Waals surface area contributed by atoms with Crippen LogP contribution in [-0.4, -0.2) is 18.6 Å². The third kappa shape index (κ3) is 5.03. The van der Waals surface area contributed by atoms with Gasteiger partial charge in [0.25, 0.3) is 0 Å². The fraction of sp³-hybridized carbons (Fsp3) is 0.350. The minimum absolute atomic E-state index is 0.743. The summed E-state index contributed by atoms with van der Waals surface area (Å²) in [6.07, 6.45) is 7.35. The van der Waals surface area contributed by atoms with E-state index < -0.39 is 0 Å². The molecule has 0 fully saturated rings. The maximum atomic E-state index is 4.31. The molecule has 0 amide bonds. The Morgan fingerprint density at radius 3 is 2.23 bits per heavy atom. The highest BCUT2D eigenvalue weighted by atomic mass is 15.1. The van der Waals surface area contributed by atoms with Crippen molar-refractivity contribution in [1.29, 1.82) is 0 Å². The van der Waals surface area contributed by atoms with Gasteiger partial charge in [-0.2, -0.15) is 0 Å². The van der Waals surface area contributed by atoms with Crippen molar-refractivity contribution in [3.63, 3.8) is 0 Å². The first-order valence-corrected chi connectivity index (χ1v) is 7.96. The van der Waals surface area contributed by atoms with Gasteiger partial charge in [-0.15, -0.1) is 0 Å². The molecule has 2 rings (SSSR count). The lowest BCUT2D eigenvalue weighted by atomic mass is 10.1. The molecule has 0 saturated heterocycles. The Labute approximate surface area is 134 Å². The number of rotatable bonds is 6. The van der Waals surface area contributed by atoms with Crippen molar-refractivity contribution >= 4 is 17.8 Å². The van der Waals surface area contributed by atoms with Gasteiger partial charge in [0.1, 0.15) is 0 Å². The van der Waals surface area contributed by atoms with E-state index in [0.29, 0.717) is 0 Å². The molecule has 2 aromatic rings. The molecule has 0 radical (unpaired) electrons. The van der Waals surface area contributed by atoms with Crippen LogP contribution in [0, 0.1) is 12.8 Å². The van der Waals surface area contributed by atoms with Crippen LogP contribution in [-0.2, 0) is 0 Å². The number of hydrogen-bond acceptors (Lipinski definition) is 2. The number of pyridine rings is 1. The second-order valence-corrected chi connectivity index (χ2v) is 6.26. The quantitative estimate of drug-likeness (QED) is 0.741. The second-order valence-electron chi connectivity index (χ2n) is 6.26. The average molecular weight is 294 g/mol. The first-order chi connectivity index (χ1) is 10.5. The summed E-state index contributed by atoms with van der Waals surface area (Å²) in [7, 11) is 2.16. The van der Waals surface area contributed by atoms with Gasteiger partial charge >= 0.3 is 0 Å². The van der Waals surface area contributed by atoms with Crippen molar-refractivity contribution < 1.29 is 0 Å². The van der Waals surface area contributed by atoms with Gasteiger partial charge in [0, 0.05) is 31.2 Å². The van der Waals surface area contributed by atoms with E-state index >= 15 is 0 Å². The van der Waals surface area contributed by atoms with E-state index in [2.05, 4.69) is 73.3 Å². The van der Waals surface area contributed by atoms with Crippen molar-refractivity contribution in [3.8, 4) is 0 Å². The summed E-state index contributed by atoms with van der Waals surface area (Å²) in [6.45, 7) is 7.63. The van der Waals surface area contributed by atoms with Gasteiger partial charge in [-0.3, -0.25) is 4.98 Å². The van der Waals surface area contributed by atoms with Crippen molar-refractivity contribution in [2.75, 3.05) is 18.5 Å². The minimum atomic E-state index is 0.743. The highest BCUT2D eigenvalue weighted by molar-refractivity contribution is 5.70. The minimum Gasteiger partial charge on any atom is -0.375 e. The van der Waals surface area contributed by atoms with E-state index in [0.717, 1.165) is 23.7 Å². The lowest BCUT2D eigenvalue weighted by molar-refractivity contribution is 0.585. The molecule has 1 aromatic carbocycles. The molecule has 2 heteroatoms. The number of nitrogens with zero attached hydrogens (tertiary/aromatic N) is 2. The molecule has 0 unspecified atom stereocenters. The topological polar surface area (TPSA) is 16.1 Å². The van der Waals surface area contributed by atoms with Crippen LogP contribution in [0.5, 0.6) is 0 Å². The molecule has 0 atom stereocenters. The van der Waals surface area contributed by atoms with Crippen LogP contribution in [0.2, 0.25) is 0 Å². The number of aryl methyl sites for hydroxylation is 1. The van der Waals surface area contributed by atoms with Gasteiger partial charge in [-0.05, 0) is 48.6 Å². The first-order valence-electron chi connectivity index (χ1n) is 7.96. The van der Waals surface area contributed by atoms with Crippen molar-refractivity contribution in [2.45, 2.75) is 27.2 Å². The van der Waals surface area contributed by atoms with Gasteiger partial charge in [-0.1, -0.05) is 44.2 Å². The fourth-order valence-corrected chi connectivity index (χ4v) is 2.19. The SMILES string of the molecule is Cc1ccc(/C=C/c2ccc(N(C)CCC(C)C)cc2)cn1. The second kappa shape index (κ2) is 7.79. The Kier molecular flexibility index (Phi) is 5.76. The summed E-state index contributed by atoms with van der Waals surface area (Å²) >= 11 is 0. The lowest BCUT2D eigenvalue weighted by Gasteiger charge is -2.20. The summed E-state index contributed by atoms with van der Waals surface area (Å²) in [5, 5.41) is 0. The Morgan fingerprint density at radius 2 is 1.64 bits per heavy atom. The first kappa shape index (κ1) is 16.3. The van der Waals surface area contributed by atoms with E-state index in [4.69, 9.17) is 0 Å². The van der Waals surface area contributed by atoms with Crippen molar-refractivity contribution in [3.05, 3.63) is 59.4 Å². The smallest absolute Gasteiger partial charge is 0.0373 e. The molecule has 1 aromatic heterocycles. The molecule has 22 heavy (non-hydrogen) atoms. The van der Waals surface area contributed by atoms with Gasteiger partial charge < -0.3 is 4.90 Å². The Morgan fingerprint density at radius 1 is 1.00 bits per heavy atom. The predicted octanol–water partition coefficient (Wildman–Crippen LogP) is 5.04. The molecule has 116 valence electrons. The molecular weight excluding hydrogens is 268 g/mol. The summed E-state index contributed by atoms with van der Waals surface area (Å²) in [6, 6.07) is 12.8.